The van der Waals surface area contributed by atoms with E-state index in [4.69, 9.17) is 15.7 Å². The topological polar surface area (TPSA) is 79.3 Å². The zero-order valence-electron chi connectivity index (χ0n) is 7.53. The van der Waals surface area contributed by atoms with Crippen molar-refractivity contribution in [3.63, 3.8) is 0 Å². The van der Waals surface area contributed by atoms with Crippen molar-refractivity contribution in [2.45, 2.75) is 12.5 Å². The Labute approximate surface area is 81.5 Å². The van der Waals surface area contributed by atoms with E-state index in [9.17, 15) is 5.11 Å². The van der Waals surface area contributed by atoms with Crippen molar-refractivity contribution in [1.29, 1.82) is 5.26 Å². The van der Waals surface area contributed by atoms with Gasteiger partial charge in [0.2, 0.25) is 0 Å². The highest BCUT2D eigenvalue weighted by Gasteiger charge is 2.22. The van der Waals surface area contributed by atoms with Gasteiger partial charge in [-0.25, -0.2) is 0 Å². The van der Waals surface area contributed by atoms with E-state index < -0.39 is 0 Å². The van der Waals surface area contributed by atoms with Crippen LogP contribution in [-0.2, 0) is 0 Å². The van der Waals surface area contributed by atoms with Gasteiger partial charge in [-0.3, -0.25) is 0 Å². The Morgan fingerprint density at radius 1 is 1.57 bits per heavy atom. The lowest BCUT2D eigenvalue weighted by Gasteiger charge is -2.23. The van der Waals surface area contributed by atoms with Gasteiger partial charge in [0, 0.05) is 18.0 Å². The van der Waals surface area contributed by atoms with Crippen molar-refractivity contribution in [1.82, 2.24) is 0 Å². The molecule has 0 spiro atoms. The molecule has 1 aliphatic rings. The molecule has 1 aromatic carbocycles. The number of rotatable bonds is 0. The minimum atomic E-state index is -0.105. The molecule has 1 heterocycles. The Morgan fingerprint density at radius 3 is 3.07 bits per heavy atom. The first-order chi connectivity index (χ1) is 6.74. The number of phenolic OH excluding ortho intramolecular Hbond substituents is 1. The highest BCUT2D eigenvalue weighted by Crippen LogP contribution is 2.37. The summed E-state index contributed by atoms with van der Waals surface area (Å²) in [7, 11) is 0. The molecule has 0 saturated carbocycles. The maximum Gasteiger partial charge on any atom is 0.145 e. The molecule has 1 aromatic rings. The number of fused-ring (bicyclic) bond motifs is 1. The summed E-state index contributed by atoms with van der Waals surface area (Å²) < 4.78 is 5.33. The lowest BCUT2D eigenvalue weighted by atomic mass is 9.98. The van der Waals surface area contributed by atoms with E-state index in [0.29, 0.717) is 12.4 Å². The van der Waals surface area contributed by atoms with E-state index in [1.807, 2.05) is 6.07 Å². The van der Waals surface area contributed by atoms with Crippen LogP contribution in [0.1, 0.15) is 23.6 Å². The highest BCUT2D eigenvalue weighted by atomic mass is 16.5. The zero-order valence-corrected chi connectivity index (χ0v) is 7.53. The van der Waals surface area contributed by atoms with Gasteiger partial charge in [0.05, 0.1) is 6.61 Å². The third-order valence-electron chi connectivity index (χ3n) is 2.35. The molecule has 0 amide bonds. The quantitative estimate of drug-likeness (QED) is 0.640. The van der Waals surface area contributed by atoms with Gasteiger partial charge in [0.1, 0.15) is 23.1 Å². The number of nitrogens with two attached hydrogens (primary N) is 1. The molecule has 0 bridgehead atoms. The molecule has 4 heteroatoms. The Bertz CT molecular complexity index is 409. The van der Waals surface area contributed by atoms with E-state index in [1.54, 1.807) is 6.07 Å². The third-order valence-corrected chi connectivity index (χ3v) is 2.35. The number of aromatic hydroxyl groups is 1. The summed E-state index contributed by atoms with van der Waals surface area (Å²) in [4.78, 5) is 0. The van der Waals surface area contributed by atoms with Crippen LogP contribution in [0.4, 0.5) is 0 Å². The molecule has 0 aliphatic carbocycles. The summed E-state index contributed by atoms with van der Waals surface area (Å²) >= 11 is 0. The predicted octanol–water partition coefficient (Wildman–Crippen LogP) is 1.05. The second kappa shape index (κ2) is 3.20. The maximum absolute atomic E-state index is 9.41. The molecule has 0 saturated heterocycles. The molecule has 1 aliphatic heterocycles. The average molecular weight is 190 g/mol. The molecular formula is C10H10N2O2. The van der Waals surface area contributed by atoms with Crippen molar-refractivity contribution in [2.24, 2.45) is 5.73 Å². The van der Waals surface area contributed by atoms with Gasteiger partial charge in [-0.2, -0.15) is 5.26 Å². The number of nitriles is 1. The Hall–Kier alpha value is -1.73. The number of phenols is 1. The molecule has 0 fully saturated rings. The second-order valence-corrected chi connectivity index (χ2v) is 3.23. The van der Waals surface area contributed by atoms with Gasteiger partial charge in [-0.15, -0.1) is 0 Å². The van der Waals surface area contributed by atoms with Crippen LogP contribution >= 0.6 is 0 Å². The van der Waals surface area contributed by atoms with E-state index >= 15 is 0 Å². The average Bonchev–Trinajstić information content (AvgIpc) is 2.18. The van der Waals surface area contributed by atoms with E-state index in [0.717, 1.165) is 12.0 Å². The van der Waals surface area contributed by atoms with E-state index in [1.165, 1.54) is 6.07 Å². The third kappa shape index (κ3) is 1.19. The minimum Gasteiger partial charge on any atom is -0.506 e. The van der Waals surface area contributed by atoms with Crippen molar-refractivity contribution < 1.29 is 9.84 Å². The molecule has 14 heavy (non-hydrogen) atoms. The Kier molecular flexibility index (Phi) is 2.02. The van der Waals surface area contributed by atoms with Crippen LogP contribution in [0.15, 0.2) is 12.1 Å². The minimum absolute atomic E-state index is 0.0552. The lowest BCUT2D eigenvalue weighted by molar-refractivity contribution is 0.266. The van der Waals surface area contributed by atoms with Gasteiger partial charge in [0.25, 0.3) is 0 Å². The van der Waals surface area contributed by atoms with Crippen LogP contribution in [0.2, 0.25) is 0 Å². The highest BCUT2D eigenvalue weighted by molar-refractivity contribution is 5.57. The monoisotopic (exact) mass is 190 g/mol. The van der Waals surface area contributed by atoms with Crippen molar-refractivity contribution in [3.05, 3.63) is 23.3 Å². The SMILES string of the molecule is N#Cc1c(O)ccc2c1OCC[C@@H]2N. The predicted molar refractivity (Wildman–Crippen MR) is 49.9 cm³/mol. The van der Waals surface area contributed by atoms with Crippen molar-refractivity contribution >= 4 is 0 Å². The van der Waals surface area contributed by atoms with Crippen molar-refractivity contribution in [3.8, 4) is 17.6 Å². The molecule has 2 rings (SSSR count). The summed E-state index contributed by atoms with van der Waals surface area (Å²) in [6.45, 7) is 0.492. The fraction of sp³-hybridized carbons (Fsp3) is 0.300. The van der Waals surface area contributed by atoms with Gasteiger partial charge in [-0.05, 0) is 12.1 Å². The molecule has 0 aromatic heterocycles. The maximum atomic E-state index is 9.41. The molecule has 0 radical (unpaired) electrons. The van der Waals surface area contributed by atoms with E-state index in [2.05, 4.69) is 0 Å². The molecule has 72 valence electrons. The Balaban J connectivity index is 2.63. The summed E-state index contributed by atoms with van der Waals surface area (Å²) in [5.74, 6) is 0.381. The first-order valence-electron chi connectivity index (χ1n) is 4.38. The van der Waals surface area contributed by atoms with E-state index in [-0.39, 0.29) is 17.4 Å². The normalized spacial score (nSPS) is 19.3. The van der Waals surface area contributed by atoms with Crippen LogP contribution in [0, 0.1) is 11.3 Å². The number of benzene rings is 1. The summed E-state index contributed by atoms with van der Waals surface area (Å²) in [5.41, 5.74) is 6.82. The van der Waals surface area contributed by atoms with Crippen LogP contribution < -0.4 is 10.5 Å². The largest absolute Gasteiger partial charge is 0.506 e. The summed E-state index contributed by atoms with van der Waals surface area (Å²) in [6, 6.07) is 4.99. The molecule has 3 N–H and O–H groups in total. The number of hydrogen-bond donors (Lipinski definition) is 2. The molecule has 4 nitrogen and oxygen atoms in total. The number of hydrogen-bond acceptors (Lipinski definition) is 4. The fourth-order valence-electron chi connectivity index (χ4n) is 1.59. The van der Waals surface area contributed by atoms with Crippen molar-refractivity contribution in [2.75, 3.05) is 6.61 Å². The smallest absolute Gasteiger partial charge is 0.145 e. The molecule has 1 atom stereocenters. The molecule has 0 unspecified atom stereocenters. The first kappa shape index (κ1) is 8.85. The fourth-order valence-corrected chi connectivity index (χ4v) is 1.59. The summed E-state index contributed by atoms with van der Waals surface area (Å²) in [6.07, 6.45) is 0.739. The second-order valence-electron chi connectivity index (χ2n) is 3.23. The van der Waals surface area contributed by atoms with Gasteiger partial charge < -0.3 is 15.6 Å². The number of nitrogens with zero attached hydrogens (tertiary/aromatic N) is 1. The molecular weight excluding hydrogens is 180 g/mol. The van der Waals surface area contributed by atoms with Gasteiger partial charge >= 0.3 is 0 Å². The van der Waals surface area contributed by atoms with Gasteiger partial charge in [-0.1, -0.05) is 0 Å². The van der Waals surface area contributed by atoms with Crippen LogP contribution in [0.25, 0.3) is 0 Å². The summed E-state index contributed by atoms with van der Waals surface area (Å²) in [5, 5.41) is 18.2. The van der Waals surface area contributed by atoms with Crippen LogP contribution in [0.3, 0.4) is 0 Å². The van der Waals surface area contributed by atoms with Gasteiger partial charge in [0.15, 0.2) is 0 Å². The first-order valence-corrected chi connectivity index (χ1v) is 4.38. The van der Waals surface area contributed by atoms with Crippen LogP contribution in [-0.4, -0.2) is 11.7 Å². The zero-order chi connectivity index (χ0) is 10.1. The number of ether oxygens (including phenoxy) is 1. The lowest BCUT2D eigenvalue weighted by Crippen LogP contribution is -2.21. The standard InChI is InChI=1S/C10H10N2O2/c11-5-7-9(13)2-1-6-8(12)3-4-14-10(6)7/h1-2,8,13H,3-4,12H2/t8-/m0/s1. The Morgan fingerprint density at radius 2 is 2.36 bits per heavy atom. The van der Waals surface area contributed by atoms with Crippen LogP contribution in [0.5, 0.6) is 11.5 Å².